The molecule has 0 bridgehead atoms. The van der Waals surface area contributed by atoms with Crippen molar-refractivity contribution in [3.63, 3.8) is 0 Å². The number of fused-ring (bicyclic) bond motifs is 5. The first kappa shape index (κ1) is 31.2. The van der Waals surface area contributed by atoms with Gasteiger partial charge in [-0.3, -0.25) is 4.79 Å². The van der Waals surface area contributed by atoms with Crippen molar-refractivity contribution >= 4 is 5.78 Å². The van der Waals surface area contributed by atoms with E-state index in [0.717, 1.165) is 45.4 Å². The van der Waals surface area contributed by atoms with Crippen LogP contribution in [0.25, 0.3) is 0 Å². The molecule has 0 aliphatic heterocycles. The zero-order chi connectivity index (χ0) is 28.2. The second kappa shape index (κ2) is 13.5. The summed E-state index contributed by atoms with van der Waals surface area (Å²) in [6.45, 7) is 17.3. The number of ketones is 1. The first-order chi connectivity index (χ1) is 18.6. The van der Waals surface area contributed by atoms with Crippen molar-refractivity contribution in [2.45, 2.75) is 123 Å². The summed E-state index contributed by atoms with van der Waals surface area (Å²) >= 11 is 0. The molecule has 0 spiro atoms. The fraction of sp³-hybridized carbons (Fsp3) is 0.912. The van der Waals surface area contributed by atoms with Gasteiger partial charge < -0.3 is 21.5 Å². The van der Waals surface area contributed by atoms with Crippen LogP contribution < -0.4 is 16.4 Å². The largest absolute Gasteiger partial charge is 0.393 e. The van der Waals surface area contributed by atoms with Crippen molar-refractivity contribution in [3.8, 4) is 0 Å². The predicted octanol–water partition coefficient (Wildman–Crippen LogP) is 5.85. The maximum Gasteiger partial charge on any atom is 0.157 e. The number of aliphatic hydroxyl groups is 1. The molecule has 5 N–H and O–H groups in total. The van der Waals surface area contributed by atoms with Crippen molar-refractivity contribution in [1.82, 2.24) is 10.6 Å². The molecule has 4 fully saturated rings. The molecular weight excluding hydrogens is 482 g/mol. The van der Waals surface area contributed by atoms with Crippen molar-refractivity contribution in [2.24, 2.45) is 52.1 Å². The Balaban J connectivity index is 1.31. The molecular formula is C34H61N3O2. The standard InChI is InChI=1S/C34H61N3O2/c1-23(2)30(38)12-9-24(3)27-10-11-28-32-29(14-16-34(27,28)5)33(4)15-13-26(21-25(33)22-31(32)39)37-20-8-19-36-18-7-6-17-35/h24-29,31-32,36-37,39H,1,6-22,35H2,2-5H3/t24?,25-,26+,27-,28?,29?,31-,32?,33+,34-/m1/s1. The Morgan fingerprint density at radius 2 is 1.72 bits per heavy atom. The maximum absolute atomic E-state index is 12.2. The summed E-state index contributed by atoms with van der Waals surface area (Å²) in [5.74, 6) is 3.88. The van der Waals surface area contributed by atoms with Gasteiger partial charge >= 0.3 is 0 Å². The quantitative estimate of drug-likeness (QED) is 0.163. The van der Waals surface area contributed by atoms with Gasteiger partial charge in [0.15, 0.2) is 5.78 Å². The summed E-state index contributed by atoms with van der Waals surface area (Å²) in [6, 6.07) is 0.608. The van der Waals surface area contributed by atoms with Gasteiger partial charge in [0.05, 0.1) is 6.10 Å². The van der Waals surface area contributed by atoms with E-state index in [-0.39, 0.29) is 11.9 Å². The van der Waals surface area contributed by atoms with Crippen LogP contribution in [0.15, 0.2) is 12.2 Å². The molecule has 0 saturated heterocycles. The Hall–Kier alpha value is -0.750. The molecule has 0 aromatic rings. The van der Waals surface area contributed by atoms with Crippen LogP contribution in [0.4, 0.5) is 0 Å². The molecule has 5 heteroatoms. The first-order valence-corrected chi connectivity index (χ1v) is 16.6. The number of aliphatic hydroxyl groups excluding tert-OH is 1. The van der Waals surface area contributed by atoms with E-state index in [4.69, 9.17) is 5.73 Å². The zero-order valence-electron chi connectivity index (χ0n) is 25.8. The molecule has 0 aromatic heterocycles. The average Bonchev–Trinajstić information content (AvgIpc) is 3.26. The minimum absolute atomic E-state index is 0.145. The number of rotatable bonds is 14. The third kappa shape index (κ3) is 6.68. The summed E-state index contributed by atoms with van der Waals surface area (Å²) < 4.78 is 0. The van der Waals surface area contributed by atoms with Crippen molar-refractivity contribution < 1.29 is 9.90 Å². The summed E-state index contributed by atoms with van der Waals surface area (Å²) in [5, 5.41) is 19.1. The van der Waals surface area contributed by atoms with E-state index in [0.29, 0.717) is 64.4 Å². The number of Topliss-reactive ketones (excluding diaryl/α,β-unsaturated/α-hetero) is 1. The highest BCUT2D eigenvalue weighted by Crippen LogP contribution is 2.68. The highest BCUT2D eigenvalue weighted by Gasteiger charge is 2.62. The second-order valence-corrected chi connectivity index (χ2v) is 14.8. The van der Waals surface area contributed by atoms with E-state index >= 15 is 0 Å². The van der Waals surface area contributed by atoms with Gasteiger partial charge in [-0.1, -0.05) is 27.4 Å². The monoisotopic (exact) mass is 543 g/mol. The molecule has 39 heavy (non-hydrogen) atoms. The van der Waals surface area contributed by atoms with Crippen LogP contribution in [0.2, 0.25) is 0 Å². The summed E-state index contributed by atoms with van der Waals surface area (Å²) in [7, 11) is 0. The molecule has 4 aliphatic carbocycles. The van der Waals surface area contributed by atoms with E-state index in [2.05, 4.69) is 38.0 Å². The predicted molar refractivity (Wildman–Crippen MR) is 162 cm³/mol. The molecule has 10 atom stereocenters. The normalized spacial score (nSPS) is 40.4. The zero-order valence-corrected chi connectivity index (χ0v) is 25.8. The Bertz CT molecular complexity index is 831. The molecule has 4 saturated carbocycles. The molecule has 0 aromatic carbocycles. The van der Waals surface area contributed by atoms with Crippen LogP contribution in [0, 0.1) is 46.3 Å². The lowest BCUT2D eigenvalue weighted by molar-refractivity contribution is -0.167. The summed E-state index contributed by atoms with van der Waals surface area (Å²) in [6.07, 6.45) is 14.9. The second-order valence-electron chi connectivity index (χ2n) is 14.8. The fourth-order valence-electron chi connectivity index (χ4n) is 10.2. The number of nitrogens with two attached hydrogens (primary N) is 1. The van der Waals surface area contributed by atoms with Crippen LogP contribution in [-0.4, -0.2) is 49.2 Å². The highest BCUT2D eigenvalue weighted by atomic mass is 16.3. The Morgan fingerprint density at radius 1 is 1.00 bits per heavy atom. The number of unbranched alkanes of at least 4 members (excludes halogenated alkanes) is 1. The number of allylic oxidation sites excluding steroid dienone is 1. The van der Waals surface area contributed by atoms with Crippen LogP contribution in [0.5, 0.6) is 0 Å². The Labute approximate surface area is 239 Å². The number of nitrogens with one attached hydrogen (secondary N) is 2. The molecule has 224 valence electrons. The topological polar surface area (TPSA) is 87.4 Å². The van der Waals surface area contributed by atoms with Crippen LogP contribution in [0.3, 0.4) is 0 Å². The Kier molecular flexibility index (Phi) is 10.8. The SMILES string of the molecule is C=C(C)C(=O)CCC(C)[C@H]1CCC2C3C(CC[C@@]21C)[C@@]1(C)CC[C@H](NCCCNCCCCN)C[C@@H]1C[C@H]3O. The number of carbonyl (C=O) groups is 1. The van der Waals surface area contributed by atoms with Gasteiger partial charge in [-0.15, -0.1) is 0 Å². The molecule has 4 aliphatic rings. The third-order valence-corrected chi connectivity index (χ3v) is 12.5. The average molecular weight is 544 g/mol. The minimum Gasteiger partial charge on any atom is -0.393 e. The van der Waals surface area contributed by atoms with Gasteiger partial charge in [0.1, 0.15) is 0 Å². The number of hydrogen-bond donors (Lipinski definition) is 4. The van der Waals surface area contributed by atoms with Gasteiger partial charge in [-0.25, -0.2) is 0 Å². The van der Waals surface area contributed by atoms with Gasteiger partial charge in [-0.05, 0) is 162 Å². The molecule has 0 radical (unpaired) electrons. The lowest BCUT2D eigenvalue weighted by Gasteiger charge is -2.62. The fourth-order valence-corrected chi connectivity index (χ4v) is 10.2. The molecule has 4 rings (SSSR count). The smallest absolute Gasteiger partial charge is 0.157 e. The number of carbonyl (C=O) groups excluding carboxylic acids is 1. The van der Waals surface area contributed by atoms with Crippen LogP contribution >= 0.6 is 0 Å². The van der Waals surface area contributed by atoms with Gasteiger partial charge in [0.25, 0.3) is 0 Å². The molecule has 4 unspecified atom stereocenters. The first-order valence-electron chi connectivity index (χ1n) is 16.6. The van der Waals surface area contributed by atoms with E-state index in [1.165, 1.54) is 57.8 Å². The van der Waals surface area contributed by atoms with E-state index in [1.54, 1.807) is 0 Å². The van der Waals surface area contributed by atoms with Crippen molar-refractivity contribution in [1.29, 1.82) is 0 Å². The van der Waals surface area contributed by atoms with Gasteiger partial charge in [-0.2, -0.15) is 0 Å². The van der Waals surface area contributed by atoms with Crippen LogP contribution in [-0.2, 0) is 4.79 Å². The van der Waals surface area contributed by atoms with Crippen molar-refractivity contribution in [2.75, 3.05) is 26.2 Å². The molecule has 0 heterocycles. The molecule has 5 nitrogen and oxygen atoms in total. The van der Waals surface area contributed by atoms with Crippen molar-refractivity contribution in [3.05, 3.63) is 12.2 Å². The maximum atomic E-state index is 12.2. The lowest BCUT2D eigenvalue weighted by atomic mass is 9.43. The van der Waals surface area contributed by atoms with Gasteiger partial charge in [0.2, 0.25) is 0 Å². The van der Waals surface area contributed by atoms with E-state index < -0.39 is 0 Å². The van der Waals surface area contributed by atoms with Crippen LogP contribution in [0.1, 0.15) is 111 Å². The third-order valence-electron chi connectivity index (χ3n) is 12.5. The van der Waals surface area contributed by atoms with Gasteiger partial charge in [0, 0.05) is 12.5 Å². The summed E-state index contributed by atoms with van der Waals surface area (Å²) in [5.41, 5.74) is 6.97. The number of hydrogen-bond acceptors (Lipinski definition) is 5. The van der Waals surface area contributed by atoms with E-state index in [1.807, 2.05) is 6.92 Å². The lowest BCUT2D eigenvalue weighted by Crippen LogP contribution is -2.59. The minimum atomic E-state index is -0.145. The summed E-state index contributed by atoms with van der Waals surface area (Å²) in [4.78, 5) is 12.2. The van der Waals surface area contributed by atoms with E-state index in [9.17, 15) is 9.90 Å². The Morgan fingerprint density at radius 3 is 2.46 bits per heavy atom. The molecule has 0 amide bonds. The highest BCUT2D eigenvalue weighted by molar-refractivity contribution is 5.94.